The Morgan fingerprint density at radius 2 is 2.06 bits per heavy atom. The zero-order chi connectivity index (χ0) is 11.9. The van der Waals surface area contributed by atoms with Gasteiger partial charge in [0, 0.05) is 4.88 Å². The molecule has 4 amide bonds. The lowest BCUT2D eigenvalue weighted by atomic mass is 10.2. The van der Waals surface area contributed by atoms with Gasteiger partial charge in [0.1, 0.15) is 0 Å². The van der Waals surface area contributed by atoms with Crippen LogP contribution in [0.4, 0.5) is 4.79 Å². The molecule has 1 aromatic rings. The van der Waals surface area contributed by atoms with Gasteiger partial charge in [0.15, 0.2) is 0 Å². The molecule has 0 aromatic carbocycles. The maximum Gasteiger partial charge on any atom is 0.332 e. The van der Waals surface area contributed by atoms with Crippen molar-refractivity contribution in [2.24, 2.45) is 0 Å². The highest BCUT2D eigenvalue weighted by molar-refractivity contribution is 7.16. The van der Waals surface area contributed by atoms with E-state index in [9.17, 15) is 14.4 Å². The molecule has 1 aliphatic rings. The smallest absolute Gasteiger partial charge is 0.269 e. The van der Waals surface area contributed by atoms with E-state index in [4.69, 9.17) is 11.6 Å². The number of carbonyl (C=O) groups is 3. The van der Waals surface area contributed by atoms with Crippen LogP contribution in [0.1, 0.15) is 17.8 Å². The lowest BCUT2D eigenvalue weighted by molar-refractivity contribution is -0.140. The van der Waals surface area contributed by atoms with Gasteiger partial charge in [-0.1, -0.05) is 11.6 Å². The number of nitrogens with zero attached hydrogens (tertiary/aromatic N) is 1. The lowest BCUT2D eigenvalue weighted by Gasteiger charge is -2.18. The lowest BCUT2D eigenvalue weighted by Crippen LogP contribution is -2.33. The van der Waals surface area contributed by atoms with Crippen LogP contribution in [0.5, 0.6) is 0 Å². The topological polar surface area (TPSA) is 66.5 Å². The first-order valence-corrected chi connectivity index (χ1v) is 5.64. The molecule has 1 saturated heterocycles. The Labute approximate surface area is 100.0 Å². The second-order valence-electron chi connectivity index (χ2n) is 3.25. The quantitative estimate of drug-likeness (QED) is 0.646. The fourth-order valence-electron chi connectivity index (χ4n) is 1.44. The third-order valence-corrected chi connectivity index (χ3v) is 3.65. The van der Waals surface area contributed by atoms with Crippen LogP contribution < -0.4 is 5.32 Å². The molecule has 16 heavy (non-hydrogen) atoms. The van der Waals surface area contributed by atoms with Crippen LogP contribution >= 0.6 is 22.9 Å². The van der Waals surface area contributed by atoms with Gasteiger partial charge in [0.25, 0.3) is 0 Å². The van der Waals surface area contributed by atoms with Crippen molar-refractivity contribution in [3.63, 3.8) is 0 Å². The first-order valence-electron chi connectivity index (χ1n) is 4.44. The minimum absolute atomic E-state index is 0.489. The van der Waals surface area contributed by atoms with Gasteiger partial charge < -0.3 is 0 Å². The van der Waals surface area contributed by atoms with Gasteiger partial charge in [-0.25, -0.2) is 9.69 Å². The van der Waals surface area contributed by atoms with Crippen molar-refractivity contribution >= 4 is 40.8 Å². The zero-order valence-corrected chi connectivity index (χ0v) is 9.76. The van der Waals surface area contributed by atoms with Gasteiger partial charge in [0.2, 0.25) is 0 Å². The van der Waals surface area contributed by atoms with E-state index in [1.165, 1.54) is 11.3 Å². The number of nitrogens with one attached hydrogen (secondary N) is 1. The molecule has 84 valence electrons. The summed E-state index contributed by atoms with van der Waals surface area (Å²) in [6, 6.07) is 2.22. The summed E-state index contributed by atoms with van der Waals surface area (Å²) in [5, 5.41) is 1.94. The molecule has 0 spiro atoms. The van der Waals surface area contributed by atoms with Crippen LogP contribution in [-0.4, -0.2) is 22.7 Å². The Balaban J connectivity index is 2.28. The minimum Gasteiger partial charge on any atom is -0.269 e. The average molecular weight is 259 g/mol. The molecule has 1 N–H and O–H groups in total. The zero-order valence-electron chi connectivity index (χ0n) is 8.19. The fourth-order valence-corrected chi connectivity index (χ4v) is 2.55. The molecule has 5 nitrogen and oxygen atoms in total. The number of hydrogen-bond acceptors (Lipinski definition) is 4. The van der Waals surface area contributed by atoms with Gasteiger partial charge in [0.05, 0.1) is 10.4 Å². The SMILES string of the molecule is CC(c1ccc(Cl)s1)N1C(=O)NC(=O)C1=O. The Kier molecular flexibility index (Phi) is 2.69. The van der Waals surface area contributed by atoms with Gasteiger partial charge in [-0.3, -0.25) is 14.9 Å². The number of imide groups is 2. The summed E-state index contributed by atoms with van der Waals surface area (Å²) in [5.74, 6) is -1.72. The monoisotopic (exact) mass is 258 g/mol. The Bertz CT molecular complexity index is 485. The first kappa shape index (κ1) is 11.1. The highest BCUT2D eigenvalue weighted by Crippen LogP contribution is 2.31. The Morgan fingerprint density at radius 1 is 1.38 bits per heavy atom. The van der Waals surface area contributed by atoms with Crippen molar-refractivity contribution in [1.29, 1.82) is 0 Å². The van der Waals surface area contributed by atoms with E-state index >= 15 is 0 Å². The van der Waals surface area contributed by atoms with Crippen LogP contribution in [-0.2, 0) is 9.59 Å². The molecule has 0 aliphatic carbocycles. The Morgan fingerprint density at radius 3 is 2.50 bits per heavy atom. The number of amides is 4. The summed E-state index contributed by atoms with van der Waals surface area (Å²) in [6.45, 7) is 1.66. The largest absolute Gasteiger partial charge is 0.332 e. The van der Waals surface area contributed by atoms with Crippen molar-refractivity contribution in [3.8, 4) is 0 Å². The molecule has 1 aliphatic heterocycles. The molecule has 7 heteroatoms. The molecule has 2 heterocycles. The maximum absolute atomic E-state index is 11.4. The van der Waals surface area contributed by atoms with Crippen molar-refractivity contribution in [1.82, 2.24) is 10.2 Å². The Hall–Kier alpha value is -1.40. The fraction of sp³-hybridized carbons (Fsp3) is 0.222. The molecule has 1 atom stereocenters. The summed E-state index contributed by atoms with van der Waals surface area (Å²) < 4.78 is 0.570. The molecular formula is C9H7ClN2O3S. The van der Waals surface area contributed by atoms with Crippen LogP contribution in [0.15, 0.2) is 12.1 Å². The second kappa shape index (κ2) is 3.88. The van der Waals surface area contributed by atoms with Crippen molar-refractivity contribution in [2.45, 2.75) is 13.0 Å². The summed E-state index contributed by atoms with van der Waals surface area (Å²) in [6.07, 6.45) is 0. The van der Waals surface area contributed by atoms with Gasteiger partial charge in [-0.05, 0) is 19.1 Å². The molecule has 0 saturated carbocycles. The van der Waals surface area contributed by atoms with E-state index in [1.54, 1.807) is 19.1 Å². The van der Waals surface area contributed by atoms with E-state index in [-0.39, 0.29) is 0 Å². The minimum atomic E-state index is -0.889. The summed E-state index contributed by atoms with van der Waals surface area (Å²) >= 11 is 7.03. The van der Waals surface area contributed by atoms with Gasteiger partial charge >= 0.3 is 17.8 Å². The highest BCUT2D eigenvalue weighted by atomic mass is 35.5. The molecule has 1 unspecified atom stereocenters. The third-order valence-electron chi connectivity index (χ3n) is 2.25. The van der Waals surface area contributed by atoms with E-state index in [0.29, 0.717) is 4.34 Å². The van der Waals surface area contributed by atoms with E-state index < -0.39 is 23.9 Å². The standard InChI is InChI=1S/C9H7ClN2O3S/c1-4(5-2-3-6(10)16-5)12-8(14)7(13)11-9(12)15/h2-4H,1H3,(H,11,13,15). The highest BCUT2D eigenvalue weighted by Gasteiger charge is 2.40. The van der Waals surface area contributed by atoms with Gasteiger partial charge in [-0.2, -0.15) is 0 Å². The number of rotatable bonds is 2. The predicted octanol–water partition coefficient (Wildman–Crippen LogP) is 1.54. The number of carbonyl (C=O) groups excluding carboxylic acids is 3. The van der Waals surface area contributed by atoms with Crippen LogP contribution in [0.3, 0.4) is 0 Å². The van der Waals surface area contributed by atoms with E-state index in [0.717, 1.165) is 9.78 Å². The summed E-state index contributed by atoms with van der Waals surface area (Å²) in [4.78, 5) is 35.4. The molecule has 0 radical (unpaired) electrons. The van der Waals surface area contributed by atoms with Crippen LogP contribution in [0.2, 0.25) is 4.34 Å². The number of hydrogen-bond donors (Lipinski definition) is 1. The van der Waals surface area contributed by atoms with E-state index in [1.807, 2.05) is 5.32 Å². The van der Waals surface area contributed by atoms with Crippen LogP contribution in [0, 0.1) is 0 Å². The number of urea groups is 1. The maximum atomic E-state index is 11.4. The third kappa shape index (κ3) is 1.70. The van der Waals surface area contributed by atoms with Crippen molar-refractivity contribution in [2.75, 3.05) is 0 Å². The molecular weight excluding hydrogens is 252 g/mol. The predicted molar refractivity (Wildman–Crippen MR) is 58.1 cm³/mol. The van der Waals surface area contributed by atoms with E-state index in [2.05, 4.69) is 0 Å². The van der Waals surface area contributed by atoms with Crippen molar-refractivity contribution in [3.05, 3.63) is 21.3 Å². The molecule has 1 aromatic heterocycles. The van der Waals surface area contributed by atoms with Gasteiger partial charge in [-0.15, -0.1) is 11.3 Å². The molecule has 0 bridgehead atoms. The summed E-state index contributed by atoms with van der Waals surface area (Å²) in [5.41, 5.74) is 0. The number of halogens is 1. The first-order chi connectivity index (χ1) is 7.50. The normalized spacial score (nSPS) is 17.9. The summed E-state index contributed by atoms with van der Waals surface area (Å²) in [7, 11) is 0. The number of thiophene rings is 1. The average Bonchev–Trinajstić information content (AvgIpc) is 2.73. The second-order valence-corrected chi connectivity index (χ2v) is 5.00. The van der Waals surface area contributed by atoms with Crippen molar-refractivity contribution < 1.29 is 14.4 Å². The molecule has 1 fully saturated rings. The van der Waals surface area contributed by atoms with Crippen LogP contribution in [0.25, 0.3) is 0 Å². The molecule has 2 rings (SSSR count).